The molecule has 0 spiro atoms. The molecule has 0 saturated carbocycles. The summed E-state index contributed by atoms with van der Waals surface area (Å²) in [6.45, 7) is 5.62. The predicted molar refractivity (Wildman–Crippen MR) is 66.5 cm³/mol. The molecule has 1 aromatic rings. The molecule has 1 amide bonds. The van der Waals surface area contributed by atoms with Crippen molar-refractivity contribution in [1.29, 1.82) is 0 Å². The molecule has 6 heteroatoms. The smallest absolute Gasteiger partial charge is 0.323 e. The van der Waals surface area contributed by atoms with Crippen molar-refractivity contribution in [2.45, 2.75) is 27.2 Å². The molecular formula is C12H19N3O3. The zero-order valence-corrected chi connectivity index (χ0v) is 11.2. The van der Waals surface area contributed by atoms with Crippen molar-refractivity contribution >= 4 is 11.9 Å². The molecule has 0 atom stereocenters. The average Bonchev–Trinajstić information content (AvgIpc) is 2.51. The Morgan fingerprint density at radius 3 is 2.39 bits per heavy atom. The van der Waals surface area contributed by atoms with Crippen LogP contribution in [-0.2, 0) is 11.8 Å². The standard InChI is InChI=1S/C12H19N3O3/c1-5-6-15(7-10(16)17)12(18)11-8(2)13-14(4)9(11)3/h5-7H2,1-4H3,(H,16,17). The van der Waals surface area contributed by atoms with Crippen molar-refractivity contribution in [2.75, 3.05) is 13.1 Å². The number of carbonyl (C=O) groups is 2. The molecule has 100 valence electrons. The van der Waals surface area contributed by atoms with E-state index >= 15 is 0 Å². The first kappa shape index (κ1) is 14.2. The lowest BCUT2D eigenvalue weighted by Crippen LogP contribution is -2.36. The average molecular weight is 253 g/mol. The summed E-state index contributed by atoms with van der Waals surface area (Å²) >= 11 is 0. The Balaban J connectivity index is 3.05. The molecule has 0 aliphatic rings. The molecule has 0 saturated heterocycles. The number of carboxylic acids is 1. The van der Waals surface area contributed by atoms with Gasteiger partial charge in [0.15, 0.2) is 0 Å². The highest BCUT2D eigenvalue weighted by Gasteiger charge is 2.23. The monoisotopic (exact) mass is 253 g/mol. The molecular weight excluding hydrogens is 234 g/mol. The van der Waals surface area contributed by atoms with E-state index in [1.54, 1.807) is 25.6 Å². The van der Waals surface area contributed by atoms with E-state index in [1.807, 2.05) is 6.92 Å². The molecule has 18 heavy (non-hydrogen) atoms. The molecule has 0 aliphatic carbocycles. The van der Waals surface area contributed by atoms with Crippen molar-refractivity contribution in [3.8, 4) is 0 Å². The summed E-state index contributed by atoms with van der Waals surface area (Å²) in [5, 5.41) is 13.0. The van der Waals surface area contributed by atoms with Crippen molar-refractivity contribution in [1.82, 2.24) is 14.7 Å². The van der Waals surface area contributed by atoms with Crippen LogP contribution < -0.4 is 0 Å². The Kier molecular flexibility index (Phi) is 4.47. The molecule has 6 nitrogen and oxygen atoms in total. The first-order valence-electron chi connectivity index (χ1n) is 5.89. The molecule has 1 aromatic heterocycles. The van der Waals surface area contributed by atoms with Crippen LogP contribution in [0.5, 0.6) is 0 Å². The molecule has 0 aromatic carbocycles. The molecule has 0 fully saturated rings. The Bertz CT molecular complexity index is 465. The van der Waals surface area contributed by atoms with Crippen LogP contribution in [0.4, 0.5) is 0 Å². The van der Waals surface area contributed by atoms with Crippen molar-refractivity contribution in [3.63, 3.8) is 0 Å². The van der Waals surface area contributed by atoms with Gasteiger partial charge < -0.3 is 10.0 Å². The van der Waals surface area contributed by atoms with E-state index in [-0.39, 0.29) is 12.5 Å². The first-order valence-corrected chi connectivity index (χ1v) is 5.89. The number of aromatic nitrogens is 2. The van der Waals surface area contributed by atoms with Gasteiger partial charge in [-0.1, -0.05) is 6.92 Å². The molecule has 1 rings (SSSR count). The first-order chi connectivity index (χ1) is 8.38. The number of carbonyl (C=O) groups excluding carboxylic acids is 1. The quantitative estimate of drug-likeness (QED) is 0.848. The summed E-state index contributed by atoms with van der Waals surface area (Å²) in [7, 11) is 1.76. The second-order valence-electron chi connectivity index (χ2n) is 4.29. The number of hydrogen-bond acceptors (Lipinski definition) is 3. The van der Waals surface area contributed by atoms with Crippen LogP contribution in [0, 0.1) is 13.8 Å². The highest BCUT2D eigenvalue weighted by atomic mass is 16.4. The molecule has 1 heterocycles. The van der Waals surface area contributed by atoms with Gasteiger partial charge in [-0.3, -0.25) is 14.3 Å². The van der Waals surface area contributed by atoms with Gasteiger partial charge in [0.25, 0.3) is 5.91 Å². The van der Waals surface area contributed by atoms with Gasteiger partial charge in [0.1, 0.15) is 6.54 Å². The van der Waals surface area contributed by atoms with Gasteiger partial charge in [-0.2, -0.15) is 5.10 Å². The maximum Gasteiger partial charge on any atom is 0.323 e. The zero-order valence-electron chi connectivity index (χ0n) is 11.2. The van der Waals surface area contributed by atoms with E-state index in [0.717, 1.165) is 12.1 Å². The number of carboxylic acid groups (broad SMARTS) is 1. The molecule has 1 N–H and O–H groups in total. The fourth-order valence-electron chi connectivity index (χ4n) is 1.93. The van der Waals surface area contributed by atoms with Crippen LogP contribution in [-0.4, -0.2) is 44.8 Å². The minimum atomic E-state index is -1.00. The van der Waals surface area contributed by atoms with Gasteiger partial charge in [-0.25, -0.2) is 0 Å². The van der Waals surface area contributed by atoms with Crippen LogP contribution >= 0.6 is 0 Å². The van der Waals surface area contributed by atoms with Gasteiger partial charge in [-0.05, 0) is 20.3 Å². The van der Waals surface area contributed by atoms with E-state index in [2.05, 4.69) is 5.10 Å². The number of aliphatic carboxylic acids is 1. The third kappa shape index (κ3) is 2.88. The number of rotatable bonds is 5. The second kappa shape index (κ2) is 5.66. The number of aryl methyl sites for hydroxylation is 2. The lowest BCUT2D eigenvalue weighted by atomic mass is 10.1. The summed E-state index contributed by atoms with van der Waals surface area (Å²) in [5.41, 5.74) is 1.89. The van der Waals surface area contributed by atoms with E-state index in [1.165, 1.54) is 4.90 Å². The van der Waals surface area contributed by atoms with Crippen molar-refractivity contribution < 1.29 is 14.7 Å². The van der Waals surface area contributed by atoms with Gasteiger partial charge in [0.05, 0.1) is 11.3 Å². The highest BCUT2D eigenvalue weighted by Crippen LogP contribution is 2.15. The topological polar surface area (TPSA) is 75.4 Å². The van der Waals surface area contributed by atoms with Gasteiger partial charge in [-0.15, -0.1) is 0 Å². The number of hydrogen-bond donors (Lipinski definition) is 1. The highest BCUT2D eigenvalue weighted by molar-refractivity contribution is 5.97. The molecule has 0 aliphatic heterocycles. The molecule has 0 bridgehead atoms. The third-order valence-corrected chi connectivity index (χ3v) is 2.83. The van der Waals surface area contributed by atoms with Crippen LogP contribution in [0.2, 0.25) is 0 Å². The van der Waals surface area contributed by atoms with Crippen LogP contribution in [0.15, 0.2) is 0 Å². The Morgan fingerprint density at radius 2 is 2.00 bits per heavy atom. The summed E-state index contributed by atoms with van der Waals surface area (Å²) in [6, 6.07) is 0. The second-order valence-corrected chi connectivity index (χ2v) is 4.29. The lowest BCUT2D eigenvalue weighted by molar-refractivity contribution is -0.137. The van der Waals surface area contributed by atoms with Crippen molar-refractivity contribution in [3.05, 3.63) is 17.0 Å². The van der Waals surface area contributed by atoms with Gasteiger partial charge >= 0.3 is 5.97 Å². The summed E-state index contributed by atoms with van der Waals surface area (Å²) in [6.07, 6.45) is 0.720. The van der Waals surface area contributed by atoms with E-state index in [0.29, 0.717) is 17.8 Å². The maximum atomic E-state index is 12.3. The Morgan fingerprint density at radius 1 is 1.39 bits per heavy atom. The van der Waals surface area contributed by atoms with Crippen LogP contribution in [0.3, 0.4) is 0 Å². The largest absolute Gasteiger partial charge is 0.480 e. The van der Waals surface area contributed by atoms with E-state index < -0.39 is 5.97 Å². The fraction of sp³-hybridized carbons (Fsp3) is 0.583. The minimum absolute atomic E-state index is 0.262. The van der Waals surface area contributed by atoms with Crippen LogP contribution in [0.25, 0.3) is 0 Å². The normalized spacial score (nSPS) is 10.4. The SMILES string of the molecule is CCCN(CC(=O)O)C(=O)c1c(C)nn(C)c1C. The number of amides is 1. The maximum absolute atomic E-state index is 12.3. The summed E-state index contributed by atoms with van der Waals surface area (Å²) in [5.74, 6) is -1.27. The van der Waals surface area contributed by atoms with Gasteiger partial charge in [0.2, 0.25) is 0 Å². The van der Waals surface area contributed by atoms with E-state index in [9.17, 15) is 9.59 Å². The van der Waals surface area contributed by atoms with Gasteiger partial charge in [0, 0.05) is 19.3 Å². The number of nitrogens with zero attached hydrogens (tertiary/aromatic N) is 3. The fourth-order valence-corrected chi connectivity index (χ4v) is 1.93. The lowest BCUT2D eigenvalue weighted by Gasteiger charge is -2.20. The molecule has 0 unspecified atom stereocenters. The Labute approximate surface area is 106 Å². The third-order valence-electron chi connectivity index (χ3n) is 2.83. The predicted octanol–water partition coefficient (Wildman–Crippen LogP) is 0.974. The summed E-state index contributed by atoms with van der Waals surface area (Å²) < 4.78 is 1.63. The van der Waals surface area contributed by atoms with Crippen LogP contribution in [0.1, 0.15) is 35.1 Å². The summed E-state index contributed by atoms with van der Waals surface area (Å²) in [4.78, 5) is 24.5. The Hall–Kier alpha value is -1.85. The minimum Gasteiger partial charge on any atom is -0.480 e. The molecule has 0 radical (unpaired) electrons. The van der Waals surface area contributed by atoms with E-state index in [4.69, 9.17) is 5.11 Å². The zero-order chi connectivity index (χ0) is 13.9. The van der Waals surface area contributed by atoms with Crippen molar-refractivity contribution in [2.24, 2.45) is 7.05 Å².